The van der Waals surface area contributed by atoms with Gasteiger partial charge in [-0.15, -0.1) is 5.11 Å². The highest BCUT2D eigenvalue weighted by atomic mass is 32.2. The second kappa shape index (κ2) is 8.67. The molecule has 3 aromatic rings. The third-order valence-electron chi connectivity index (χ3n) is 4.07. The summed E-state index contributed by atoms with van der Waals surface area (Å²) in [5, 5.41) is 20.6. The van der Waals surface area contributed by atoms with Crippen LogP contribution in [0.3, 0.4) is 0 Å². The van der Waals surface area contributed by atoms with Crippen molar-refractivity contribution in [3.05, 3.63) is 69.3 Å². The Morgan fingerprint density at radius 3 is 2.66 bits per heavy atom. The summed E-state index contributed by atoms with van der Waals surface area (Å²) in [7, 11) is 0. The van der Waals surface area contributed by atoms with Gasteiger partial charge in [0.25, 0.3) is 5.91 Å². The summed E-state index contributed by atoms with van der Waals surface area (Å²) in [4.78, 5) is 29.5. The zero-order valence-corrected chi connectivity index (χ0v) is 16.9. The van der Waals surface area contributed by atoms with Gasteiger partial charge in [0.05, 0.1) is 22.7 Å². The number of aryl methyl sites for hydroxylation is 3. The molecule has 0 aliphatic rings. The predicted molar refractivity (Wildman–Crippen MR) is 110 cm³/mol. The molecular weight excluding hydrogens is 388 g/mol. The van der Waals surface area contributed by atoms with Crippen molar-refractivity contribution in [1.29, 1.82) is 5.26 Å². The third kappa shape index (κ3) is 4.50. The first-order chi connectivity index (χ1) is 13.9. The molecule has 2 heterocycles. The minimum atomic E-state index is -0.568. The van der Waals surface area contributed by atoms with E-state index in [9.17, 15) is 14.9 Å². The van der Waals surface area contributed by atoms with Gasteiger partial charge in [0.2, 0.25) is 0 Å². The van der Waals surface area contributed by atoms with E-state index >= 15 is 0 Å². The highest BCUT2D eigenvalue weighted by Gasteiger charge is 2.18. The lowest BCUT2D eigenvalue weighted by atomic mass is 10.1. The molecular formula is C20H18N6O2S. The summed E-state index contributed by atoms with van der Waals surface area (Å²) in [6.45, 7) is 5.29. The van der Waals surface area contributed by atoms with E-state index in [-0.39, 0.29) is 11.4 Å². The highest BCUT2D eigenvalue weighted by Crippen LogP contribution is 2.24. The van der Waals surface area contributed by atoms with E-state index in [0.29, 0.717) is 22.0 Å². The molecule has 146 valence electrons. The molecule has 0 atom stereocenters. The average molecular weight is 406 g/mol. The lowest BCUT2D eigenvalue weighted by Gasteiger charge is -2.06. The van der Waals surface area contributed by atoms with Crippen molar-refractivity contribution in [3.63, 3.8) is 0 Å². The van der Waals surface area contributed by atoms with Crippen molar-refractivity contribution < 1.29 is 4.79 Å². The second-order valence-electron chi connectivity index (χ2n) is 6.32. The zero-order chi connectivity index (χ0) is 21.0. The number of carbonyl (C=O) groups is 1. The Bertz CT molecular complexity index is 1190. The summed E-state index contributed by atoms with van der Waals surface area (Å²) in [5.41, 5.74) is 2.54. The van der Waals surface area contributed by atoms with Crippen molar-refractivity contribution in [2.24, 2.45) is 10.2 Å². The van der Waals surface area contributed by atoms with Crippen LogP contribution in [0.4, 0.5) is 11.4 Å². The molecule has 3 rings (SSSR count). The summed E-state index contributed by atoms with van der Waals surface area (Å²) in [6, 6.07) is 12.9. The van der Waals surface area contributed by atoms with E-state index in [1.807, 2.05) is 38.1 Å². The van der Waals surface area contributed by atoms with Crippen LogP contribution in [-0.4, -0.2) is 26.4 Å². The van der Waals surface area contributed by atoms with Gasteiger partial charge in [-0.25, -0.2) is 4.98 Å². The van der Waals surface area contributed by atoms with E-state index < -0.39 is 11.5 Å². The quantitative estimate of drug-likeness (QED) is 0.503. The molecule has 2 aromatic heterocycles. The first kappa shape index (κ1) is 20.2. The Balaban J connectivity index is 1.80. The number of aromatic nitrogens is 3. The standard InChI is InChI=1S/C20H18N6O2S/c1-12-9-13(2)22-19(16(12)10-21)29-11-17(27)26-20(28)18(14(3)25-26)24-23-15-7-5-4-6-8-15/h4-9,25H,11H2,1-3H3. The van der Waals surface area contributed by atoms with Crippen LogP contribution >= 0.6 is 11.8 Å². The van der Waals surface area contributed by atoms with Crippen LogP contribution in [0.2, 0.25) is 0 Å². The average Bonchev–Trinajstić information content (AvgIpc) is 2.98. The van der Waals surface area contributed by atoms with Crippen LogP contribution in [0.1, 0.15) is 27.3 Å². The molecule has 8 nitrogen and oxygen atoms in total. The number of rotatable bonds is 5. The van der Waals surface area contributed by atoms with Crippen molar-refractivity contribution in [1.82, 2.24) is 14.8 Å². The van der Waals surface area contributed by atoms with Gasteiger partial charge in [-0.2, -0.15) is 15.1 Å². The number of hydrogen-bond donors (Lipinski definition) is 1. The number of benzene rings is 1. The number of aromatic amines is 1. The van der Waals surface area contributed by atoms with Gasteiger partial charge in [-0.05, 0) is 44.5 Å². The fourth-order valence-electron chi connectivity index (χ4n) is 2.67. The van der Waals surface area contributed by atoms with Gasteiger partial charge in [0.1, 0.15) is 11.1 Å². The van der Waals surface area contributed by atoms with Crippen LogP contribution in [0.5, 0.6) is 0 Å². The zero-order valence-electron chi connectivity index (χ0n) is 16.1. The van der Waals surface area contributed by atoms with Crippen LogP contribution in [0, 0.1) is 32.1 Å². The van der Waals surface area contributed by atoms with Crippen LogP contribution in [0.15, 0.2) is 56.4 Å². The molecule has 0 unspecified atom stereocenters. The first-order valence-electron chi connectivity index (χ1n) is 8.73. The monoisotopic (exact) mass is 406 g/mol. The van der Waals surface area contributed by atoms with E-state index in [2.05, 4.69) is 26.4 Å². The lowest BCUT2D eigenvalue weighted by molar-refractivity contribution is 0.0922. The van der Waals surface area contributed by atoms with E-state index in [0.717, 1.165) is 27.7 Å². The minimum Gasteiger partial charge on any atom is -0.290 e. The van der Waals surface area contributed by atoms with Gasteiger partial charge in [-0.3, -0.25) is 14.7 Å². The smallest absolute Gasteiger partial charge is 0.290 e. The van der Waals surface area contributed by atoms with Crippen molar-refractivity contribution in [2.45, 2.75) is 25.8 Å². The molecule has 9 heteroatoms. The Morgan fingerprint density at radius 2 is 1.97 bits per heavy atom. The summed E-state index contributed by atoms with van der Waals surface area (Å²) in [6.07, 6.45) is 0. The normalized spacial score (nSPS) is 11.0. The summed E-state index contributed by atoms with van der Waals surface area (Å²) >= 11 is 1.12. The number of thioether (sulfide) groups is 1. The molecule has 0 radical (unpaired) electrons. The Kier molecular flexibility index (Phi) is 6.04. The molecule has 0 spiro atoms. The molecule has 0 bridgehead atoms. The molecule has 29 heavy (non-hydrogen) atoms. The molecule has 0 fully saturated rings. The number of nitrogens with one attached hydrogen (secondary N) is 1. The van der Waals surface area contributed by atoms with Gasteiger partial charge in [0, 0.05) is 5.69 Å². The number of nitriles is 1. The Hall–Kier alpha value is -3.51. The number of H-pyrrole nitrogens is 1. The number of pyridine rings is 1. The minimum absolute atomic E-state index is 0.0559. The van der Waals surface area contributed by atoms with Crippen LogP contribution in [-0.2, 0) is 0 Å². The van der Waals surface area contributed by atoms with Gasteiger partial charge >= 0.3 is 5.56 Å². The molecule has 0 aliphatic carbocycles. The van der Waals surface area contributed by atoms with E-state index in [1.54, 1.807) is 19.1 Å². The van der Waals surface area contributed by atoms with Crippen LogP contribution in [0.25, 0.3) is 0 Å². The summed E-state index contributed by atoms with van der Waals surface area (Å²) < 4.78 is 0.913. The topological polar surface area (TPSA) is 116 Å². The number of nitrogens with zero attached hydrogens (tertiary/aromatic N) is 5. The van der Waals surface area contributed by atoms with Crippen molar-refractivity contribution in [3.8, 4) is 6.07 Å². The fourth-order valence-corrected chi connectivity index (χ4v) is 3.62. The fraction of sp³-hybridized carbons (Fsp3) is 0.200. The molecule has 0 amide bonds. The molecule has 1 N–H and O–H groups in total. The molecule has 1 aromatic carbocycles. The van der Waals surface area contributed by atoms with E-state index in [4.69, 9.17) is 0 Å². The molecule has 0 saturated carbocycles. The maximum absolute atomic E-state index is 12.6. The molecule has 0 saturated heterocycles. The number of hydrogen-bond acceptors (Lipinski definition) is 7. The van der Waals surface area contributed by atoms with E-state index in [1.165, 1.54) is 0 Å². The summed E-state index contributed by atoms with van der Waals surface area (Å²) in [5.74, 6) is -0.520. The largest absolute Gasteiger partial charge is 0.301 e. The number of carbonyl (C=O) groups excluding carboxylic acids is 1. The maximum Gasteiger partial charge on any atom is 0.301 e. The SMILES string of the molecule is Cc1cc(C)c(C#N)c(SCC(=O)n2[nH]c(C)c(N=Nc3ccccc3)c2=O)n1. The predicted octanol–water partition coefficient (Wildman–Crippen LogP) is 4.22. The van der Waals surface area contributed by atoms with Crippen molar-refractivity contribution in [2.75, 3.05) is 5.75 Å². The number of azo groups is 1. The Morgan fingerprint density at radius 1 is 1.24 bits per heavy atom. The lowest BCUT2D eigenvalue weighted by Crippen LogP contribution is -2.26. The molecule has 0 aliphatic heterocycles. The first-order valence-corrected chi connectivity index (χ1v) is 9.72. The highest BCUT2D eigenvalue weighted by molar-refractivity contribution is 8.00. The second-order valence-corrected chi connectivity index (χ2v) is 7.28. The third-order valence-corrected chi connectivity index (χ3v) is 5.03. The van der Waals surface area contributed by atoms with Crippen LogP contribution < -0.4 is 5.56 Å². The van der Waals surface area contributed by atoms with Gasteiger partial charge in [-0.1, -0.05) is 30.0 Å². The maximum atomic E-state index is 12.6. The van der Waals surface area contributed by atoms with Gasteiger partial charge in [0.15, 0.2) is 5.69 Å². The van der Waals surface area contributed by atoms with Gasteiger partial charge < -0.3 is 0 Å². The Labute approximate surface area is 171 Å². The van der Waals surface area contributed by atoms with Crippen molar-refractivity contribution >= 4 is 29.0 Å².